The Morgan fingerprint density at radius 2 is 1.00 bits per heavy atom. The van der Waals surface area contributed by atoms with Crippen LogP contribution in [0.15, 0.2) is 58.3 Å². The predicted molar refractivity (Wildman–Crippen MR) is 188 cm³/mol. The molecule has 2 rings (SSSR count). The van der Waals surface area contributed by atoms with Gasteiger partial charge in [0.25, 0.3) is 0 Å². The first-order chi connectivity index (χ1) is 25.5. The molecular formula is C30H38N8O15S2. The summed E-state index contributed by atoms with van der Waals surface area (Å²) < 4.78 is 46.1. The Labute approximate surface area is 313 Å². The molecule has 23 nitrogen and oxygen atoms in total. The predicted octanol–water partition coefficient (Wildman–Crippen LogP) is -3.63. The monoisotopic (exact) mass is 814 g/mol. The largest absolute Gasteiger partial charge is 0.481 e. The Kier molecular flexibility index (Phi) is 16.9. The van der Waals surface area contributed by atoms with Crippen LogP contribution in [0.1, 0.15) is 12.8 Å². The Morgan fingerprint density at radius 1 is 0.600 bits per heavy atom. The number of carboxylic acids is 3. The van der Waals surface area contributed by atoms with Crippen molar-refractivity contribution in [2.45, 2.75) is 34.7 Å². The third kappa shape index (κ3) is 17.2. The van der Waals surface area contributed by atoms with E-state index in [4.69, 9.17) is 15.4 Å². The van der Waals surface area contributed by atoms with Gasteiger partial charge in [0.1, 0.15) is 12.3 Å². The summed E-state index contributed by atoms with van der Waals surface area (Å²) in [5.41, 5.74) is 0.245. The van der Waals surface area contributed by atoms with Gasteiger partial charge in [0.05, 0.1) is 54.9 Å². The minimum atomic E-state index is -4.05. The second kappa shape index (κ2) is 20.6. The minimum absolute atomic E-state index is 0.0989. The second-order valence-electron chi connectivity index (χ2n) is 11.6. The third-order valence-electron chi connectivity index (χ3n) is 7.04. The highest BCUT2D eigenvalue weighted by Crippen LogP contribution is 2.14. The van der Waals surface area contributed by atoms with E-state index in [1.807, 2.05) is 5.32 Å². The molecule has 300 valence electrons. The lowest BCUT2D eigenvalue weighted by Gasteiger charge is -2.27. The van der Waals surface area contributed by atoms with Crippen LogP contribution >= 0.6 is 0 Å². The number of carbonyl (C=O) groups is 8. The van der Waals surface area contributed by atoms with E-state index in [1.54, 1.807) is 0 Å². The van der Waals surface area contributed by atoms with Crippen LogP contribution in [0.3, 0.4) is 0 Å². The maximum atomic E-state index is 13.1. The van der Waals surface area contributed by atoms with E-state index in [1.165, 1.54) is 24.3 Å². The van der Waals surface area contributed by atoms with Crippen molar-refractivity contribution < 1.29 is 70.5 Å². The van der Waals surface area contributed by atoms with Gasteiger partial charge < -0.3 is 41.4 Å². The summed E-state index contributed by atoms with van der Waals surface area (Å²) in [6, 6.07) is 6.02. The van der Waals surface area contributed by atoms with Gasteiger partial charge in [-0.25, -0.2) is 27.1 Å². The molecule has 4 amide bonds. The van der Waals surface area contributed by atoms with Gasteiger partial charge in [-0.2, -0.15) is 0 Å². The molecule has 0 bridgehead atoms. The number of sulfonamides is 2. The van der Waals surface area contributed by atoms with Crippen LogP contribution in [0.5, 0.6) is 0 Å². The van der Waals surface area contributed by atoms with Crippen molar-refractivity contribution in [1.82, 2.24) is 20.4 Å². The Balaban J connectivity index is 2.27. The van der Waals surface area contributed by atoms with Gasteiger partial charge in [-0.15, -0.1) is 0 Å². The number of amides is 4. The molecule has 25 heteroatoms. The summed E-state index contributed by atoms with van der Waals surface area (Å²) in [5, 5.41) is 46.9. The molecule has 0 aromatic heterocycles. The molecule has 0 aliphatic carbocycles. The fraction of sp³-hybridized carbons (Fsp3) is 0.333. The van der Waals surface area contributed by atoms with Crippen molar-refractivity contribution in [3.63, 3.8) is 0 Å². The van der Waals surface area contributed by atoms with E-state index >= 15 is 0 Å². The molecule has 11 N–H and O–H groups in total. The first-order valence-corrected chi connectivity index (χ1v) is 18.7. The van der Waals surface area contributed by atoms with Crippen LogP contribution in [0.25, 0.3) is 0 Å². The number of nitrogens with zero attached hydrogens (tertiary/aromatic N) is 2. The number of rotatable bonds is 23. The lowest BCUT2D eigenvalue weighted by molar-refractivity contribution is -0.142. The van der Waals surface area contributed by atoms with Crippen molar-refractivity contribution in [2.75, 3.05) is 49.9 Å². The van der Waals surface area contributed by atoms with Crippen LogP contribution in [0, 0.1) is 0 Å². The van der Waals surface area contributed by atoms with Crippen molar-refractivity contribution in [2.24, 2.45) is 10.3 Å². The van der Waals surface area contributed by atoms with Gasteiger partial charge in [0.15, 0.2) is 0 Å². The van der Waals surface area contributed by atoms with Crippen molar-refractivity contribution in [3.8, 4) is 0 Å². The standard InChI is InChI=1S/C30H38N8O15S2/c31-54(50,51)21-5-1-18(2-6-21)33-24(40)13-37(15-26(42)36-23(12-28(45)46)30(49)35-20(17-39)11-27(43)44)9-10-38(16-29(47)48)14-25(41)34-19-3-7-22(8-4-19)55(32,52)53/h1-8,17,20,23H,9-16H2,(H,33,40)(H,34,41)(H,35,49)(H,36,42)(H,43,44)(H,45,46)(H,47,48)(H2,31,50,51)(H2,32,52,53)/t20-,23-/m0/s1. The van der Waals surface area contributed by atoms with Crippen LogP contribution in [0.2, 0.25) is 0 Å². The van der Waals surface area contributed by atoms with Gasteiger partial charge in [-0.1, -0.05) is 0 Å². The van der Waals surface area contributed by atoms with Crippen LogP contribution in [-0.4, -0.2) is 141 Å². The molecule has 0 aliphatic rings. The van der Waals surface area contributed by atoms with Gasteiger partial charge in [-0.05, 0) is 48.5 Å². The maximum absolute atomic E-state index is 13.1. The van der Waals surface area contributed by atoms with E-state index in [0.717, 1.165) is 34.1 Å². The van der Waals surface area contributed by atoms with Gasteiger partial charge in [-0.3, -0.25) is 43.4 Å². The zero-order valence-electron chi connectivity index (χ0n) is 28.6. The fourth-order valence-corrected chi connectivity index (χ4v) is 5.63. The highest BCUT2D eigenvalue weighted by molar-refractivity contribution is 7.89. The summed E-state index contributed by atoms with van der Waals surface area (Å²) in [6.07, 6.45) is -1.74. The normalized spacial score (nSPS) is 12.6. The maximum Gasteiger partial charge on any atom is 0.317 e. The number of nitrogens with two attached hydrogens (primary N) is 2. The molecule has 0 fully saturated rings. The first-order valence-electron chi connectivity index (χ1n) is 15.6. The van der Waals surface area contributed by atoms with E-state index < -0.39 is 113 Å². The third-order valence-corrected chi connectivity index (χ3v) is 8.90. The van der Waals surface area contributed by atoms with Gasteiger partial charge in [0.2, 0.25) is 43.7 Å². The van der Waals surface area contributed by atoms with Crippen LogP contribution in [0.4, 0.5) is 11.4 Å². The van der Waals surface area contributed by atoms with E-state index in [9.17, 15) is 65.4 Å². The molecule has 0 saturated carbocycles. The van der Waals surface area contributed by atoms with Crippen LogP contribution < -0.4 is 31.5 Å². The smallest absolute Gasteiger partial charge is 0.317 e. The van der Waals surface area contributed by atoms with Crippen molar-refractivity contribution in [3.05, 3.63) is 48.5 Å². The number of carboxylic acid groups (broad SMARTS) is 3. The molecule has 2 aromatic rings. The fourth-order valence-electron chi connectivity index (χ4n) is 4.60. The van der Waals surface area contributed by atoms with Crippen molar-refractivity contribution in [1.29, 1.82) is 0 Å². The van der Waals surface area contributed by atoms with Crippen LogP contribution in [-0.2, 0) is 58.4 Å². The van der Waals surface area contributed by atoms with Gasteiger partial charge in [0, 0.05) is 24.5 Å². The topological polar surface area (TPSA) is 372 Å². The summed E-state index contributed by atoms with van der Waals surface area (Å²) >= 11 is 0. The second-order valence-corrected chi connectivity index (χ2v) is 14.7. The molecule has 0 radical (unpaired) electrons. The van der Waals surface area contributed by atoms with E-state index in [-0.39, 0.29) is 40.5 Å². The molecule has 55 heavy (non-hydrogen) atoms. The number of anilines is 2. The highest BCUT2D eigenvalue weighted by atomic mass is 32.2. The number of hydrogen-bond acceptors (Lipinski definition) is 14. The van der Waals surface area contributed by atoms with Gasteiger partial charge >= 0.3 is 17.9 Å². The van der Waals surface area contributed by atoms with E-state index in [0.29, 0.717) is 0 Å². The molecule has 0 unspecified atom stereocenters. The number of aldehydes is 1. The van der Waals surface area contributed by atoms with Crippen molar-refractivity contribution >= 4 is 79.2 Å². The molecule has 2 aromatic carbocycles. The number of primary sulfonamides is 2. The Hall–Kier alpha value is -5.86. The zero-order valence-corrected chi connectivity index (χ0v) is 30.2. The first kappa shape index (κ1) is 45.3. The number of benzene rings is 2. The number of aliphatic carboxylic acids is 3. The van der Waals surface area contributed by atoms with E-state index in [2.05, 4.69) is 16.0 Å². The molecule has 0 heterocycles. The summed E-state index contributed by atoms with van der Waals surface area (Å²) in [7, 11) is -8.07. The molecule has 0 spiro atoms. The molecular weight excluding hydrogens is 777 g/mol. The summed E-state index contributed by atoms with van der Waals surface area (Å²) in [5.74, 6) is -8.17. The zero-order chi connectivity index (χ0) is 41.5. The highest BCUT2D eigenvalue weighted by Gasteiger charge is 2.28. The SMILES string of the molecule is NS(=O)(=O)c1ccc(NC(=O)CN(CCN(CC(=O)Nc2ccc(S(N)(=O)=O)cc2)CC(=O)N[C@@H](CC(=O)O)C(=O)N[C@H](C=O)CC(=O)O)CC(=O)O)cc1. The summed E-state index contributed by atoms with van der Waals surface area (Å²) in [4.78, 5) is 98.8. The molecule has 0 saturated heterocycles. The number of hydrogen-bond donors (Lipinski definition) is 9. The average molecular weight is 815 g/mol. The average Bonchev–Trinajstić information content (AvgIpc) is 3.05. The lowest BCUT2D eigenvalue weighted by Crippen LogP contribution is -2.53. The lowest BCUT2D eigenvalue weighted by atomic mass is 10.1. The number of carbonyl (C=O) groups excluding carboxylic acids is 5. The Morgan fingerprint density at radius 3 is 1.36 bits per heavy atom. The quantitative estimate of drug-likeness (QED) is 0.0489. The molecule has 0 aliphatic heterocycles. The summed E-state index contributed by atoms with van der Waals surface area (Å²) in [6.45, 7) is -3.22. The molecule has 2 atom stereocenters. The minimum Gasteiger partial charge on any atom is -0.481 e. The Bertz CT molecular complexity index is 1980. The number of nitrogens with one attached hydrogen (secondary N) is 4.